The number of unbranched alkanes of at least 4 members (excludes halogenated alkanes) is 9. The molecule has 0 aliphatic heterocycles. The summed E-state index contributed by atoms with van der Waals surface area (Å²) in [6, 6.07) is 0. The maximum absolute atomic E-state index is 11.4. The molecule has 0 bridgehead atoms. The fourth-order valence-corrected chi connectivity index (χ4v) is 3.57. The molecule has 0 aromatic heterocycles. The van der Waals surface area contributed by atoms with Gasteiger partial charge in [0.15, 0.2) is 0 Å². The highest BCUT2D eigenvalue weighted by Gasteiger charge is 2.02. The number of ether oxygens (including phenoxy) is 8. The molecular formula is C30H60O9. The molecule has 0 heterocycles. The topological polar surface area (TPSA) is 90.9 Å². The summed E-state index contributed by atoms with van der Waals surface area (Å²) in [5.74, 6) is -0.150. The van der Waals surface area contributed by atoms with Crippen molar-refractivity contribution in [1.82, 2.24) is 0 Å². The molecular weight excluding hydrogens is 504 g/mol. The Labute approximate surface area is 238 Å². The molecule has 39 heavy (non-hydrogen) atoms. The zero-order chi connectivity index (χ0) is 28.3. The van der Waals surface area contributed by atoms with Crippen molar-refractivity contribution < 1.29 is 42.7 Å². The van der Waals surface area contributed by atoms with Crippen molar-refractivity contribution in [2.24, 2.45) is 0 Å². The number of carbonyl (C=O) groups is 1. The van der Waals surface area contributed by atoms with Crippen molar-refractivity contribution in [1.29, 1.82) is 0 Å². The van der Waals surface area contributed by atoms with E-state index in [-0.39, 0.29) is 5.97 Å². The van der Waals surface area contributed by atoms with Crippen molar-refractivity contribution in [3.63, 3.8) is 0 Å². The second-order valence-corrected chi connectivity index (χ2v) is 9.44. The smallest absolute Gasteiger partial charge is 0.305 e. The zero-order valence-corrected chi connectivity index (χ0v) is 25.3. The van der Waals surface area contributed by atoms with Gasteiger partial charge in [-0.1, -0.05) is 71.6 Å². The molecule has 0 saturated carbocycles. The van der Waals surface area contributed by atoms with E-state index in [9.17, 15) is 4.79 Å². The monoisotopic (exact) mass is 564 g/mol. The lowest BCUT2D eigenvalue weighted by Crippen LogP contribution is -2.15. The van der Waals surface area contributed by atoms with Crippen LogP contribution in [0.5, 0.6) is 0 Å². The zero-order valence-electron chi connectivity index (χ0n) is 25.3. The third kappa shape index (κ3) is 35.2. The van der Waals surface area contributed by atoms with Crippen LogP contribution in [0.2, 0.25) is 0 Å². The Morgan fingerprint density at radius 2 is 0.667 bits per heavy atom. The second kappa shape index (κ2) is 35.2. The highest BCUT2D eigenvalue weighted by atomic mass is 16.6. The van der Waals surface area contributed by atoms with Gasteiger partial charge in [0.05, 0.1) is 85.9 Å². The minimum Gasteiger partial charge on any atom is -0.463 e. The Kier molecular flexibility index (Phi) is 34.5. The number of hydrogen-bond donors (Lipinski definition) is 0. The van der Waals surface area contributed by atoms with Gasteiger partial charge >= 0.3 is 5.97 Å². The SMILES string of the molecule is CCCCCCCCCCOCCOCCOCCOCCOCCOCCOCCOC(=O)CCCCC. The third-order valence-corrected chi connectivity index (χ3v) is 5.85. The highest BCUT2D eigenvalue weighted by molar-refractivity contribution is 5.69. The molecule has 0 saturated heterocycles. The third-order valence-electron chi connectivity index (χ3n) is 5.85. The summed E-state index contributed by atoms with van der Waals surface area (Å²) in [4.78, 5) is 11.4. The summed E-state index contributed by atoms with van der Waals surface area (Å²) >= 11 is 0. The van der Waals surface area contributed by atoms with Gasteiger partial charge in [0.1, 0.15) is 6.61 Å². The van der Waals surface area contributed by atoms with Crippen LogP contribution in [-0.4, -0.2) is 105 Å². The fourth-order valence-electron chi connectivity index (χ4n) is 3.57. The van der Waals surface area contributed by atoms with Crippen molar-refractivity contribution in [2.75, 3.05) is 99.1 Å². The van der Waals surface area contributed by atoms with Gasteiger partial charge in [-0.05, 0) is 12.8 Å². The minimum absolute atomic E-state index is 0.150. The number of esters is 1. The molecule has 0 fully saturated rings. The highest BCUT2D eigenvalue weighted by Crippen LogP contribution is 2.08. The van der Waals surface area contributed by atoms with Crippen molar-refractivity contribution in [3.05, 3.63) is 0 Å². The molecule has 0 aromatic carbocycles. The van der Waals surface area contributed by atoms with E-state index in [1.807, 2.05) is 0 Å². The molecule has 9 nitrogen and oxygen atoms in total. The molecule has 0 atom stereocenters. The lowest BCUT2D eigenvalue weighted by atomic mass is 10.1. The van der Waals surface area contributed by atoms with Crippen LogP contribution in [-0.2, 0) is 42.7 Å². The summed E-state index contributed by atoms with van der Waals surface area (Å²) in [7, 11) is 0. The van der Waals surface area contributed by atoms with Crippen molar-refractivity contribution in [3.8, 4) is 0 Å². The average Bonchev–Trinajstić information content (AvgIpc) is 2.94. The molecule has 9 heteroatoms. The lowest BCUT2D eigenvalue weighted by molar-refractivity contribution is -0.145. The standard InChI is InChI=1S/C30H60O9/c1-3-5-7-8-9-10-11-13-15-32-16-17-33-18-19-34-20-21-35-22-23-36-24-25-37-26-27-38-28-29-39-30(31)14-12-6-4-2/h3-29H2,1-2H3. The Bertz CT molecular complexity index is 466. The van der Waals surface area contributed by atoms with E-state index in [1.54, 1.807) is 0 Å². The summed E-state index contributed by atoms with van der Waals surface area (Å²) in [6.07, 6.45) is 14.1. The van der Waals surface area contributed by atoms with Gasteiger partial charge in [0, 0.05) is 13.0 Å². The summed E-state index contributed by atoms with van der Waals surface area (Å²) in [6.45, 7) is 12.4. The first kappa shape index (κ1) is 38.2. The fraction of sp³-hybridized carbons (Fsp3) is 0.967. The van der Waals surface area contributed by atoms with Gasteiger partial charge in [-0.2, -0.15) is 0 Å². The minimum atomic E-state index is -0.150. The maximum Gasteiger partial charge on any atom is 0.305 e. The molecule has 0 spiro atoms. The summed E-state index contributed by atoms with van der Waals surface area (Å²) in [5, 5.41) is 0. The van der Waals surface area contributed by atoms with Crippen LogP contribution < -0.4 is 0 Å². The van der Waals surface area contributed by atoms with Crippen molar-refractivity contribution >= 4 is 5.97 Å². The van der Waals surface area contributed by atoms with Gasteiger partial charge in [0.2, 0.25) is 0 Å². The number of hydrogen-bond acceptors (Lipinski definition) is 9. The van der Waals surface area contributed by atoms with E-state index in [0.29, 0.717) is 98.9 Å². The Hall–Kier alpha value is -0.810. The van der Waals surface area contributed by atoms with E-state index in [2.05, 4.69) is 13.8 Å². The molecule has 0 N–H and O–H groups in total. The van der Waals surface area contributed by atoms with E-state index in [1.165, 1.54) is 44.9 Å². The van der Waals surface area contributed by atoms with Crippen LogP contribution in [0.15, 0.2) is 0 Å². The summed E-state index contributed by atoms with van der Waals surface area (Å²) < 4.78 is 43.5. The van der Waals surface area contributed by atoms with Crippen LogP contribution in [0.4, 0.5) is 0 Å². The Morgan fingerprint density at radius 1 is 0.359 bits per heavy atom. The second-order valence-electron chi connectivity index (χ2n) is 9.44. The first-order valence-corrected chi connectivity index (χ1v) is 15.5. The van der Waals surface area contributed by atoms with Gasteiger partial charge in [-0.15, -0.1) is 0 Å². The quantitative estimate of drug-likeness (QED) is 0.0756. The maximum atomic E-state index is 11.4. The number of rotatable bonds is 34. The largest absolute Gasteiger partial charge is 0.463 e. The Morgan fingerprint density at radius 3 is 1.08 bits per heavy atom. The molecule has 0 radical (unpaired) electrons. The first-order valence-electron chi connectivity index (χ1n) is 15.5. The predicted molar refractivity (Wildman–Crippen MR) is 153 cm³/mol. The normalized spacial score (nSPS) is 11.3. The van der Waals surface area contributed by atoms with Crippen LogP contribution in [0.1, 0.15) is 90.9 Å². The molecule has 0 amide bonds. The summed E-state index contributed by atoms with van der Waals surface area (Å²) in [5.41, 5.74) is 0. The van der Waals surface area contributed by atoms with Gasteiger partial charge in [-0.3, -0.25) is 4.79 Å². The van der Waals surface area contributed by atoms with Crippen molar-refractivity contribution in [2.45, 2.75) is 90.9 Å². The Balaban J connectivity index is 3.06. The molecule has 0 aliphatic rings. The van der Waals surface area contributed by atoms with E-state index in [4.69, 9.17) is 37.9 Å². The molecule has 0 aliphatic carbocycles. The molecule has 0 unspecified atom stereocenters. The van der Waals surface area contributed by atoms with Gasteiger partial charge in [0.25, 0.3) is 0 Å². The molecule has 0 aromatic rings. The molecule has 0 rings (SSSR count). The molecule has 234 valence electrons. The van der Waals surface area contributed by atoms with E-state index in [0.717, 1.165) is 32.3 Å². The van der Waals surface area contributed by atoms with Crippen LogP contribution in [0, 0.1) is 0 Å². The van der Waals surface area contributed by atoms with Crippen LogP contribution >= 0.6 is 0 Å². The van der Waals surface area contributed by atoms with Crippen LogP contribution in [0.25, 0.3) is 0 Å². The van der Waals surface area contributed by atoms with Gasteiger partial charge < -0.3 is 37.9 Å². The average molecular weight is 565 g/mol. The lowest BCUT2D eigenvalue weighted by Gasteiger charge is -2.09. The van der Waals surface area contributed by atoms with Crippen LogP contribution in [0.3, 0.4) is 0 Å². The number of carbonyl (C=O) groups excluding carboxylic acids is 1. The van der Waals surface area contributed by atoms with E-state index < -0.39 is 0 Å². The predicted octanol–water partition coefficient (Wildman–Crippen LogP) is 5.37. The first-order chi connectivity index (χ1) is 19.3. The van der Waals surface area contributed by atoms with E-state index >= 15 is 0 Å². The van der Waals surface area contributed by atoms with Gasteiger partial charge in [-0.25, -0.2) is 0 Å².